The summed E-state index contributed by atoms with van der Waals surface area (Å²) in [5.41, 5.74) is 0.633. The highest BCUT2D eigenvalue weighted by atomic mass is 16.5. The summed E-state index contributed by atoms with van der Waals surface area (Å²) in [4.78, 5) is 20.8. The van der Waals surface area contributed by atoms with Crippen molar-refractivity contribution in [2.75, 3.05) is 11.9 Å². The zero-order chi connectivity index (χ0) is 16.1. The molecule has 0 aliphatic heterocycles. The fraction of sp³-hybridized carbons (Fsp3) is 0.438. The molecule has 0 saturated carbocycles. The number of nitrogens with one attached hydrogen (secondary N) is 1. The fourth-order valence-electron chi connectivity index (χ4n) is 1.94. The Morgan fingerprint density at radius 3 is 2.73 bits per heavy atom. The van der Waals surface area contributed by atoms with E-state index < -0.39 is 6.10 Å². The first-order valence-electron chi connectivity index (χ1n) is 7.37. The summed E-state index contributed by atoms with van der Waals surface area (Å²) in [6.07, 6.45) is 4.68. The van der Waals surface area contributed by atoms with Crippen LogP contribution < -0.4 is 5.32 Å². The largest absolute Gasteiger partial charge is 0.368 e. The van der Waals surface area contributed by atoms with Gasteiger partial charge in [0, 0.05) is 25.2 Å². The number of aromatic nitrogens is 3. The Hall–Kier alpha value is -2.21. The van der Waals surface area contributed by atoms with Gasteiger partial charge < -0.3 is 10.1 Å². The Labute approximate surface area is 130 Å². The molecule has 0 spiro atoms. The molecule has 2 rings (SSSR count). The van der Waals surface area contributed by atoms with Crippen LogP contribution in [0, 0.1) is 12.8 Å². The van der Waals surface area contributed by atoms with Gasteiger partial charge in [-0.05, 0) is 31.9 Å². The van der Waals surface area contributed by atoms with Gasteiger partial charge in [0.15, 0.2) is 5.82 Å². The number of rotatable bonds is 6. The average molecular weight is 302 g/mol. The molecule has 6 nitrogen and oxygen atoms in total. The van der Waals surface area contributed by atoms with E-state index in [1.165, 1.54) is 0 Å². The third kappa shape index (κ3) is 3.92. The van der Waals surface area contributed by atoms with Crippen LogP contribution in [0.15, 0.2) is 30.7 Å². The summed E-state index contributed by atoms with van der Waals surface area (Å²) >= 11 is 0. The van der Waals surface area contributed by atoms with Crippen LogP contribution in [-0.4, -0.2) is 33.2 Å². The summed E-state index contributed by atoms with van der Waals surface area (Å²) < 4.78 is 7.37. The molecule has 118 valence electrons. The zero-order valence-electron chi connectivity index (χ0n) is 13.4. The van der Waals surface area contributed by atoms with Crippen LogP contribution in [0.3, 0.4) is 0 Å². The molecule has 22 heavy (non-hydrogen) atoms. The van der Waals surface area contributed by atoms with Gasteiger partial charge in [0.25, 0.3) is 5.91 Å². The predicted molar refractivity (Wildman–Crippen MR) is 85.0 cm³/mol. The highest BCUT2D eigenvalue weighted by molar-refractivity contribution is 5.95. The third-order valence-corrected chi connectivity index (χ3v) is 3.15. The summed E-state index contributed by atoms with van der Waals surface area (Å²) in [6.45, 7) is 8.28. The number of carbonyl (C=O) groups is 1. The molecule has 1 amide bonds. The van der Waals surface area contributed by atoms with E-state index in [4.69, 9.17) is 4.74 Å². The van der Waals surface area contributed by atoms with Crippen LogP contribution in [0.2, 0.25) is 0 Å². The number of pyridine rings is 1. The van der Waals surface area contributed by atoms with E-state index in [9.17, 15) is 4.79 Å². The van der Waals surface area contributed by atoms with Gasteiger partial charge in [-0.15, -0.1) is 0 Å². The van der Waals surface area contributed by atoms with Crippen LogP contribution >= 0.6 is 0 Å². The van der Waals surface area contributed by atoms with Crippen molar-refractivity contribution < 1.29 is 9.53 Å². The monoisotopic (exact) mass is 302 g/mol. The van der Waals surface area contributed by atoms with Gasteiger partial charge in [0.2, 0.25) is 0 Å². The minimum atomic E-state index is -0.514. The van der Waals surface area contributed by atoms with Crippen molar-refractivity contribution in [3.63, 3.8) is 0 Å². The number of amides is 1. The summed E-state index contributed by atoms with van der Waals surface area (Å²) in [7, 11) is 0. The average Bonchev–Trinajstić information content (AvgIpc) is 2.91. The van der Waals surface area contributed by atoms with Crippen LogP contribution in [-0.2, 0) is 9.53 Å². The lowest BCUT2D eigenvalue weighted by atomic mass is 10.2. The SMILES string of the molecule is Cc1nccn1-c1ncccc1NC(=O)[C@@H](C)OCC(C)C. The lowest BCUT2D eigenvalue weighted by molar-refractivity contribution is -0.126. The molecule has 2 aromatic rings. The number of anilines is 1. The molecule has 0 aliphatic carbocycles. The smallest absolute Gasteiger partial charge is 0.253 e. The van der Waals surface area contributed by atoms with E-state index in [0.717, 1.165) is 5.82 Å². The molecule has 0 aromatic carbocycles. The lowest BCUT2D eigenvalue weighted by Gasteiger charge is -2.16. The van der Waals surface area contributed by atoms with Gasteiger partial charge in [-0.3, -0.25) is 9.36 Å². The van der Waals surface area contributed by atoms with Gasteiger partial charge >= 0.3 is 0 Å². The summed E-state index contributed by atoms with van der Waals surface area (Å²) in [6, 6.07) is 3.60. The van der Waals surface area contributed by atoms with Crippen LogP contribution in [0.25, 0.3) is 5.82 Å². The Morgan fingerprint density at radius 1 is 1.32 bits per heavy atom. The minimum Gasteiger partial charge on any atom is -0.368 e. The molecule has 0 aliphatic rings. The molecular weight excluding hydrogens is 280 g/mol. The minimum absolute atomic E-state index is 0.187. The Bertz CT molecular complexity index is 637. The number of nitrogens with zero attached hydrogens (tertiary/aromatic N) is 3. The molecule has 0 unspecified atom stereocenters. The van der Waals surface area contributed by atoms with E-state index in [2.05, 4.69) is 15.3 Å². The molecule has 2 heterocycles. The van der Waals surface area contributed by atoms with Crippen molar-refractivity contribution >= 4 is 11.6 Å². The quantitative estimate of drug-likeness (QED) is 0.890. The molecular formula is C16H22N4O2. The molecule has 0 bridgehead atoms. The Morgan fingerprint density at radius 2 is 2.09 bits per heavy atom. The second kappa shape index (κ2) is 7.17. The highest BCUT2D eigenvalue weighted by Gasteiger charge is 2.17. The van der Waals surface area contributed by atoms with Gasteiger partial charge in [0.05, 0.1) is 5.69 Å². The van der Waals surface area contributed by atoms with Crippen molar-refractivity contribution in [2.45, 2.75) is 33.8 Å². The topological polar surface area (TPSA) is 69.0 Å². The van der Waals surface area contributed by atoms with Gasteiger partial charge in [-0.2, -0.15) is 0 Å². The van der Waals surface area contributed by atoms with Crippen LogP contribution in [0.5, 0.6) is 0 Å². The first kappa shape index (κ1) is 16.2. The van der Waals surface area contributed by atoms with E-state index in [1.807, 2.05) is 37.6 Å². The first-order chi connectivity index (χ1) is 10.5. The molecule has 0 saturated heterocycles. The van der Waals surface area contributed by atoms with Crippen molar-refractivity contribution in [3.05, 3.63) is 36.5 Å². The molecule has 0 fully saturated rings. The van der Waals surface area contributed by atoms with E-state index in [1.54, 1.807) is 25.4 Å². The van der Waals surface area contributed by atoms with Gasteiger partial charge in [-0.1, -0.05) is 13.8 Å². The van der Waals surface area contributed by atoms with E-state index >= 15 is 0 Å². The van der Waals surface area contributed by atoms with E-state index in [-0.39, 0.29) is 5.91 Å². The van der Waals surface area contributed by atoms with Crippen molar-refractivity contribution in [1.82, 2.24) is 14.5 Å². The van der Waals surface area contributed by atoms with Crippen molar-refractivity contribution in [1.29, 1.82) is 0 Å². The maximum atomic E-state index is 12.2. The summed E-state index contributed by atoms with van der Waals surface area (Å²) in [5.74, 6) is 1.64. The van der Waals surface area contributed by atoms with Crippen LogP contribution in [0.4, 0.5) is 5.69 Å². The number of aryl methyl sites for hydroxylation is 1. The van der Waals surface area contributed by atoms with Gasteiger partial charge in [0.1, 0.15) is 11.9 Å². The lowest BCUT2D eigenvalue weighted by Crippen LogP contribution is -2.29. The fourth-order valence-corrected chi connectivity index (χ4v) is 1.94. The van der Waals surface area contributed by atoms with E-state index in [0.29, 0.717) is 24.0 Å². The number of imidazole rings is 1. The Balaban J connectivity index is 2.13. The van der Waals surface area contributed by atoms with Crippen molar-refractivity contribution in [3.8, 4) is 5.82 Å². The molecule has 6 heteroatoms. The number of hydrogen-bond acceptors (Lipinski definition) is 4. The normalized spacial score (nSPS) is 12.4. The van der Waals surface area contributed by atoms with Crippen molar-refractivity contribution in [2.24, 2.45) is 5.92 Å². The highest BCUT2D eigenvalue weighted by Crippen LogP contribution is 2.19. The number of carbonyl (C=O) groups excluding carboxylic acids is 1. The van der Waals surface area contributed by atoms with Gasteiger partial charge in [-0.25, -0.2) is 9.97 Å². The maximum absolute atomic E-state index is 12.2. The predicted octanol–water partition coefficient (Wildman–Crippen LogP) is 2.58. The molecule has 0 radical (unpaired) electrons. The first-order valence-corrected chi connectivity index (χ1v) is 7.37. The Kier molecular flexibility index (Phi) is 5.27. The summed E-state index contributed by atoms with van der Waals surface area (Å²) in [5, 5.41) is 2.87. The molecule has 1 N–H and O–H groups in total. The standard InChI is InChI=1S/C16H22N4O2/c1-11(2)10-22-12(3)16(21)19-14-6-5-7-18-15(14)20-9-8-17-13(20)4/h5-9,11-12H,10H2,1-4H3,(H,19,21)/t12-/m1/s1. The molecule has 2 aromatic heterocycles. The number of ether oxygens (including phenoxy) is 1. The second-order valence-corrected chi connectivity index (χ2v) is 5.58. The third-order valence-electron chi connectivity index (χ3n) is 3.15. The molecule has 1 atom stereocenters. The van der Waals surface area contributed by atoms with Crippen LogP contribution in [0.1, 0.15) is 26.6 Å². The number of hydrogen-bond donors (Lipinski definition) is 1. The maximum Gasteiger partial charge on any atom is 0.253 e. The zero-order valence-corrected chi connectivity index (χ0v) is 13.4. The second-order valence-electron chi connectivity index (χ2n) is 5.58.